The van der Waals surface area contributed by atoms with E-state index in [1.54, 1.807) is 6.08 Å². The maximum atomic E-state index is 11.6. The molecule has 1 aliphatic rings. The third kappa shape index (κ3) is 5.29. The van der Waals surface area contributed by atoms with Crippen LogP contribution in [-0.4, -0.2) is 56.1 Å². The van der Waals surface area contributed by atoms with Crippen molar-refractivity contribution in [1.82, 2.24) is 20.9 Å². The summed E-state index contributed by atoms with van der Waals surface area (Å²) in [5, 5.41) is 8.08. The first-order chi connectivity index (χ1) is 8.63. The van der Waals surface area contributed by atoms with Gasteiger partial charge in [0.25, 0.3) is 0 Å². The first-order valence-corrected chi connectivity index (χ1v) is 6.23. The number of hydrogen-bond donors (Lipinski definition) is 3. The number of amides is 3. The highest BCUT2D eigenvalue weighted by atomic mass is 16.2. The molecule has 1 unspecified atom stereocenters. The van der Waals surface area contributed by atoms with Gasteiger partial charge in [-0.3, -0.25) is 15.0 Å². The number of piperidine rings is 1. The highest BCUT2D eigenvalue weighted by Crippen LogP contribution is 2.07. The molecule has 102 valence electrons. The van der Waals surface area contributed by atoms with Crippen LogP contribution in [0.15, 0.2) is 12.7 Å². The first kappa shape index (κ1) is 14.7. The van der Waals surface area contributed by atoms with E-state index in [9.17, 15) is 9.59 Å². The highest BCUT2D eigenvalue weighted by Gasteiger charge is 2.20. The molecule has 6 nitrogen and oxygen atoms in total. The molecule has 0 aromatic heterocycles. The van der Waals surface area contributed by atoms with Crippen molar-refractivity contribution in [3.8, 4) is 0 Å². The molecule has 0 saturated carbocycles. The minimum atomic E-state index is -0.477. The lowest BCUT2D eigenvalue weighted by molar-refractivity contribution is -0.121. The summed E-state index contributed by atoms with van der Waals surface area (Å²) in [6.45, 7) is 5.99. The van der Waals surface area contributed by atoms with E-state index in [0.29, 0.717) is 12.6 Å². The van der Waals surface area contributed by atoms with E-state index < -0.39 is 6.03 Å². The average molecular weight is 254 g/mol. The molecule has 1 heterocycles. The van der Waals surface area contributed by atoms with Gasteiger partial charge in [0, 0.05) is 19.1 Å². The number of likely N-dealkylation sites (N-methyl/N-ethyl adjacent to an activating group) is 1. The van der Waals surface area contributed by atoms with Crippen molar-refractivity contribution in [3.63, 3.8) is 0 Å². The summed E-state index contributed by atoms with van der Waals surface area (Å²) in [5.41, 5.74) is 0. The molecular weight excluding hydrogens is 232 g/mol. The third-order valence-corrected chi connectivity index (χ3v) is 2.95. The molecule has 0 aromatic rings. The summed E-state index contributed by atoms with van der Waals surface area (Å²) in [6.07, 6.45) is 3.76. The smallest absolute Gasteiger partial charge is 0.321 e. The third-order valence-electron chi connectivity index (χ3n) is 2.95. The molecule has 3 amide bonds. The van der Waals surface area contributed by atoms with Gasteiger partial charge in [-0.2, -0.15) is 0 Å². The van der Waals surface area contributed by atoms with Crippen LogP contribution in [-0.2, 0) is 4.79 Å². The molecule has 1 aliphatic heterocycles. The molecule has 0 aliphatic carbocycles. The largest absolute Gasteiger partial charge is 0.334 e. The SMILES string of the molecule is C=CCNC(=O)NC(=O)CN(C)C1CCCNC1. The fourth-order valence-corrected chi connectivity index (χ4v) is 1.94. The average Bonchev–Trinajstić information content (AvgIpc) is 2.37. The van der Waals surface area contributed by atoms with Crippen LogP contribution >= 0.6 is 0 Å². The number of imide groups is 1. The van der Waals surface area contributed by atoms with Crippen LogP contribution in [0.5, 0.6) is 0 Å². The van der Waals surface area contributed by atoms with Gasteiger partial charge >= 0.3 is 6.03 Å². The number of nitrogens with one attached hydrogen (secondary N) is 3. The maximum absolute atomic E-state index is 11.6. The van der Waals surface area contributed by atoms with Crippen molar-refractivity contribution >= 4 is 11.9 Å². The van der Waals surface area contributed by atoms with Gasteiger partial charge in [0.15, 0.2) is 0 Å². The summed E-state index contributed by atoms with van der Waals surface area (Å²) < 4.78 is 0. The Kier molecular flexibility index (Phi) is 6.38. The molecular formula is C12H22N4O2. The van der Waals surface area contributed by atoms with Crippen LogP contribution in [0.1, 0.15) is 12.8 Å². The van der Waals surface area contributed by atoms with Crippen molar-refractivity contribution in [3.05, 3.63) is 12.7 Å². The number of urea groups is 1. The number of hydrogen-bond acceptors (Lipinski definition) is 4. The van der Waals surface area contributed by atoms with Gasteiger partial charge in [-0.1, -0.05) is 6.08 Å². The van der Waals surface area contributed by atoms with Gasteiger partial charge in [0.1, 0.15) is 0 Å². The van der Waals surface area contributed by atoms with Gasteiger partial charge < -0.3 is 10.6 Å². The minimum Gasteiger partial charge on any atom is -0.334 e. The predicted octanol–water partition coefficient (Wildman–Crippen LogP) is -0.318. The number of carbonyl (C=O) groups excluding carboxylic acids is 2. The molecule has 3 N–H and O–H groups in total. The van der Waals surface area contributed by atoms with Crippen LogP contribution in [0.4, 0.5) is 4.79 Å². The van der Waals surface area contributed by atoms with Crippen molar-refractivity contribution in [2.75, 3.05) is 33.2 Å². The normalized spacial score (nSPS) is 19.3. The van der Waals surface area contributed by atoms with Crippen molar-refractivity contribution < 1.29 is 9.59 Å². The lowest BCUT2D eigenvalue weighted by Gasteiger charge is -2.31. The molecule has 1 fully saturated rings. The molecule has 0 bridgehead atoms. The lowest BCUT2D eigenvalue weighted by atomic mass is 10.1. The van der Waals surface area contributed by atoms with Gasteiger partial charge in [-0.15, -0.1) is 6.58 Å². The van der Waals surface area contributed by atoms with Crippen molar-refractivity contribution in [2.45, 2.75) is 18.9 Å². The molecule has 6 heteroatoms. The summed E-state index contributed by atoms with van der Waals surface area (Å²) in [7, 11) is 1.90. The Bertz CT molecular complexity index is 300. The van der Waals surface area contributed by atoms with E-state index in [4.69, 9.17) is 0 Å². The standard InChI is InChI=1S/C12H22N4O2/c1-3-6-14-12(18)15-11(17)9-16(2)10-5-4-7-13-8-10/h3,10,13H,1,4-9H2,2H3,(H2,14,15,17,18). The number of nitrogens with zero attached hydrogens (tertiary/aromatic N) is 1. The zero-order valence-electron chi connectivity index (χ0n) is 10.9. The number of rotatable bonds is 5. The van der Waals surface area contributed by atoms with Crippen LogP contribution in [0.25, 0.3) is 0 Å². The molecule has 0 radical (unpaired) electrons. The Morgan fingerprint density at radius 3 is 2.94 bits per heavy atom. The Morgan fingerprint density at radius 2 is 2.33 bits per heavy atom. The van der Waals surface area contributed by atoms with E-state index in [0.717, 1.165) is 25.9 Å². The number of carbonyl (C=O) groups is 2. The van der Waals surface area contributed by atoms with Crippen LogP contribution in [0, 0.1) is 0 Å². The van der Waals surface area contributed by atoms with Gasteiger partial charge in [-0.05, 0) is 26.4 Å². The van der Waals surface area contributed by atoms with Gasteiger partial charge in [0.05, 0.1) is 6.54 Å². The van der Waals surface area contributed by atoms with E-state index in [2.05, 4.69) is 22.5 Å². The lowest BCUT2D eigenvalue weighted by Crippen LogP contribution is -2.49. The Labute approximate surface area is 108 Å². The van der Waals surface area contributed by atoms with Crippen LogP contribution < -0.4 is 16.0 Å². The van der Waals surface area contributed by atoms with Crippen LogP contribution in [0.2, 0.25) is 0 Å². The molecule has 0 aromatic carbocycles. The fraction of sp³-hybridized carbons (Fsp3) is 0.667. The maximum Gasteiger partial charge on any atom is 0.321 e. The van der Waals surface area contributed by atoms with E-state index in [1.807, 2.05) is 11.9 Å². The second-order valence-corrected chi connectivity index (χ2v) is 4.46. The Balaban J connectivity index is 2.25. The van der Waals surface area contributed by atoms with Crippen molar-refractivity contribution in [2.24, 2.45) is 0 Å². The highest BCUT2D eigenvalue weighted by molar-refractivity contribution is 5.95. The topological polar surface area (TPSA) is 73.5 Å². The Morgan fingerprint density at radius 1 is 1.56 bits per heavy atom. The summed E-state index contributed by atoms with van der Waals surface area (Å²) in [4.78, 5) is 24.8. The van der Waals surface area contributed by atoms with Crippen LogP contribution in [0.3, 0.4) is 0 Å². The van der Waals surface area contributed by atoms with E-state index in [1.165, 1.54) is 0 Å². The molecule has 1 rings (SSSR count). The Hall–Kier alpha value is -1.40. The molecule has 0 spiro atoms. The summed E-state index contributed by atoms with van der Waals surface area (Å²) in [5.74, 6) is -0.287. The van der Waals surface area contributed by atoms with E-state index in [-0.39, 0.29) is 12.5 Å². The zero-order chi connectivity index (χ0) is 13.4. The molecule has 18 heavy (non-hydrogen) atoms. The van der Waals surface area contributed by atoms with Gasteiger partial charge in [0.2, 0.25) is 5.91 Å². The minimum absolute atomic E-state index is 0.230. The van der Waals surface area contributed by atoms with Crippen molar-refractivity contribution in [1.29, 1.82) is 0 Å². The second-order valence-electron chi connectivity index (χ2n) is 4.46. The van der Waals surface area contributed by atoms with Gasteiger partial charge in [-0.25, -0.2) is 4.79 Å². The fourth-order valence-electron chi connectivity index (χ4n) is 1.94. The molecule has 1 atom stereocenters. The van der Waals surface area contributed by atoms with E-state index >= 15 is 0 Å². The first-order valence-electron chi connectivity index (χ1n) is 6.23. The summed E-state index contributed by atoms with van der Waals surface area (Å²) in [6, 6.07) is -0.115. The monoisotopic (exact) mass is 254 g/mol. The molecule has 1 saturated heterocycles. The quantitative estimate of drug-likeness (QED) is 0.588. The zero-order valence-corrected chi connectivity index (χ0v) is 10.9. The second kappa shape index (κ2) is 7.84. The summed E-state index contributed by atoms with van der Waals surface area (Å²) >= 11 is 0. The predicted molar refractivity (Wildman–Crippen MR) is 70.3 cm³/mol.